The van der Waals surface area contributed by atoms with E-state index in [1.165, 1.54) is 37.3 Å². The summed E-state index contributed by atoms with van der Waals surface area (Å²) in [6, 6.07) is 20.2. The first-order chi connectivity index (χ1) is 17.9. The Morgan fingerprint density at radius 3 is 1.84 bits per heavy atom. The van der Waals surface area contributed by atoms with Crippen LogP contribution in [0.25, 0.3) is 34.4 Å². The van der Waals surface area contributed by atoms with Gasteiger partial charge in [0.1, 0.15) is 0 Å². The molecule has 37 heavy (non-hydrogen) atoms. The summed E-state index contributed by atoms with van der Waals surface area (Å²) in [7, 11) is 1.27. The van der Waals surface area contributed by atoms with Crippen LogP contribution in [0.3, 0.4) is 0 Å². The van der Waals surface area contributed by atoms with Crippen LogP contribution in [-0.2, 0) is 6.42 Å². The average molecular weight is 505 g/mol. The van der Waals surface area contributed by atoms with Crippen molar-refractivity contribution in [2.24, 2.45) is 0 Å². The van der Waals surface area contributed by atoms with E-state index in [-0.39, 0.29) is 22.4 Å². The molecule has 0 heterocycles. The molecule has 0 saturated carbocycles. The molecule has 0 aliphatic heterocycles. The summed E-state index contributed by atoms with van der Waals surface area (Å²) in [5, 5.41) is 0. The third-order valence-electron chi connectivity index (χ3n) is 6.39. The third kappa shape index (κ3) is 5.93. The highest BCUT2D eigenvalue weighted by atomic mass is 19.2. The monoisotopic (exact) mass is 504 g/mol. The molecule has 0 amide bonds. The molecule has 0 spiro atoms. The van der Waals surface area contributed by atoms with Gasteiger partial charge in [0.05, 0.1) is 7.11 Å². The van der Waals surface area contributed by atoms with Crippen molar-refractivity contribution in [1.82, 2.24) is 0 Å². The zero-order valence-electron chi connectivity index (χ0n) is 20.8. The van der Waals surface area contributed by atoms with Gasteiger partial charge in [-0.2, -0.15) is 4.39 Å². The fourth-order valence-electron chi connectivity index (χ4n) is 4.22. The van der Waals surface area contributed by atoms with E-state index < -0.39 is 23.3 Å². The van der Waals surface area contributed by atoms with Crippen molar-refractivity contribution in [3.05, 3.63) is 113 Å². The number of rotatable bonds is 9. The van der Waals surface area contributed by atoms with Crippen LogP contribution < -0.4 is 4.74 Å². The number of hydrogen-bond acceptors (Lipinski definition) is 1. The van der Waals surface area contributed by atoms with E-state index in [1.54, 1.807) is 42.5 Å². The Kier molecular flexibility index (Phi) is 8.44. The summed E-state index contributed by atoms with van der Waals surface area (Å²) in [5.41, 5.74) is 3.42. The topological polar surface area (TPSA) is 9.23 Å². The second-order valence-electron chi connectivity index (χ2n) is 8.88. The van der Waals surface area contributed by atoms with Crippen molar-refractivity contribution < 1.29 is 22.3 Å². The van der Waals surface area contributed by atoms with Crippen molar-refractivity contribution in [2.75, 3.05) is 7.11 Å². The summed E-state index contributed by atoms with van der Waals surface area (Å²) in [6.45, 7) is 2.16. The Balaban J connectivity index is 1.50. The lowest BCUT2D eigenvalue weighted by molar-refractivity contribution is 0.372. The molecule has 0 aromatic heterocycles. The van der Waals surface area contributed by atoms with E-state index in [1.807, 2.05) is 24.3 Å². The van der Waals surface area contributed by atoms with Gasteiger partial charge >= 0.3 is 0 Å². The minimum atomic E-state index is -1.05. The zero-order valence-corrected chi connectivity index (χ0v) is 20.8. The molecule has 190 valence electrons. The Labute approximate surface area is 215 Å². The molecular formula is C32H28F4O. The predicted molar refractivity (Wildman–Crippen MR) is 142 cm³/mol. The first-order valence-corrected chi connectivity index (χ1v) is 12.3. The van der Waals surface area contributed by atoms with Crippen LogP contribution in [-0.4, -0.2) is 7.11 Å². The van der Waals surface area contributed by atoms with Crippen molar-refractivity contribution >= 4 is 12.2 Å². The molecule has 0 atom stereocenters. The van der Waals surface area contributed by atoms with Gasteiger partial charge in [-0.05, 0) is 47.2 Å². The predicted octanol–water partition coefficient (Wildman–Crippen LogP) is 9.49. The molecule has 0 aliphatic carbocycles. The molecule has 1 nitrogen and oxygen atoms in total. The van der Waals surface area contributed by atoms with Gasteiger partial charge in [0.25, 0.3) is 0 Å². The van der Waals surface area contributed by atoms with E-state index in [9.17, 15) is 17.6 Å². The Bertz CT molecular complexity index is 1390. The molecule has 0 aliphatic rings. The standard InChI is InChI=1S/C32H28F4O/c1-3-4-5-6-21-7-12-23(13-8-21)26-18-17-25(29(33)30(26)34)16-11-22-9-14-24(15-10-22)27-19-20-28(37-2)32(36)31(27)35/h7-20H,3-6H2,1-2H3. The van der Waals surface area contributed by atoms with Crippen LogP contribution in [0.1, 0.15) is 42.9 Å². The van der Waals surface area contributed by atoms with Crippen LogP contribution >= 0.6 is 0 Å². The molecule has 4 rings (SSSR count). The Morgan fingerprint density at radius 1 is 0.622 bits per heavy atom. The van der Waals surface area contributed by atoms with Crippen molar-refractivity contribution in [3.63, 3.8) is 0 Å². The van der Waals surface area contributed by atoms with Gasteiger partial charge < -0.3 is 4.74 Å². The molecule has 0 unspecified atom stereocenters. The van der Waals surface area contributed by atoms with Gasteiger partial charge in [-0.3, -0.25) is 0 Å². The highest BCUT2D eigenvalue weighted by Crippen LogP contribution is 2.31. The van der Waals surface area contributed by atoms with Crippen LogP contribution in [0.5, 0.6) is 5.75 Å². The number of hydrogen-bond donors (Lipinski definition) is 0. The van der Waals surface area contributed by atoms with Gasteiger partial charge in [0.2, 0.25) is 5.82 Å². The maximum Gasteiger partial charge on any atom is 0.201 e. The molecule has 0 bridgehead atoms. The number of aryl methyl sites for hydroxylation is 1. The SMILES string of the molecule is CCCCCc1ccc(-c2ccc(C=Cc3ccc(-c4ccc(OC)c(F)c4F)cc3)c(F)c2F)cc1. The van der Waals surface area contributed by atoms with Gasteiger partial charge in [-0.1, -0.05) is 92.6 Å². The third-order valence-corrected chi connectivity index (χ3v) is 6.39. The van der Waals surface area contributed by atoms with Crippen molar-refractivity contribution in [2.45, 2.75) is 32.6 Å². The molecule has 0 N–H and O–H groups in total. The minimum absolute atomic E-state index is 0.103. The van der Waals surface area contributed by atoms with Crippen molar-refractivity contribution in [3.8, 4) is 28.0 Å². The van der Waals surface area contributed by atoms with Gasteiger partial charge in [-0.15, -0.1) is 0 Å². The molecule has 0 radical (unpaired) electrons. The molecular weight excluding hydrogens is 476 g/mol. The lowest BCUT2D eigenvalue weighted by Crippen LogP contribution is -1.95. The Hall–Kier alpha value is -3.86. The van der Waals surface area contributed by atoms with Crippen LogP contribution in [0.2, 0.25) is 0 Å². The fraction of sp³-hybridized carbons (Fsp3) is 0.188. The second-order valence-corrected chi connectivity index (χ2v) is 8.88. The first kappa shape index (κ1) is 26.2. The number of methoxy groups -OCH3 is 1. The highest BCUT2D eigenvalue weighted by molar-refractivity contribution is 5.74. The van der Waals surface area contributed by atoms with Gasteiger partial charge in [0.15, 0.2) is 23.2 Å². The molecule has 4 aromatic carbocycles. The number of ether oxygens (including phenoxy) is 1. The zero-order chi connectivity index (χ0) is 26.4. The van der Waals surface area contributed by atoms with E-state index >= 15 is 0 Å². The van der Waals surface area contributed by atoms with E-state index in [0.717, 1.165) is 19.3 Å². The largest absolute Gasteiger partial charge is 0.494 e. The molecule has 5 heteroatoms. The molecule has 4 aromatic rings. The lowest BCUT2D eigenvalue weighted by atomic mass is 9.99. The summed E-state index contributed by atoms with van der Waals surface area (Å²) in [6.07, 6.45) is 7.53. The Morgan fingerprint density at radius 2 is 1.22 bits per heavy atom. The maximum absolute atomic E-state index is 14.9. The van der Waals surface area contributed by atoms with Crippen LogP contribution in [0, 0.1) is 23.3 Å². The molecule has 0 saturated heterocycles. The minimum Gasteiger partial charge on any atom is -0.494 e. The number of unbranched alkanes of at least 4 members (excludes halogenated alkanes) is 2. The van der Waals surface area contributed by atoms with E-state index in [4.69, 9.17) is 4.74 Å². The first-order valence-electron chi connectivity index (χ1n) is 12.3. The summed E-state index contributed by atoms with van der Waals surface area (Å²) in [5.74, 6) is -4.03. The van der Waals surface area contributed by atoms with E-state index in [0.29, 0.717) is 16.7 Å². The van der Waals surface area contributed by atoms with Crippen LogP contribution in [0.4, 0.5) is 17.6 Å². The van der Waals surface area contributed by atoms with Gasteiger partial charge in [-0.25, -0.2) is 13.2 Å². The fourth-order valence-corrected chi connectivity index (χ4v) is 4.22. The summed E-state index contributed by atoms with van der Waals surface area (Å²) in [4.78, 5) is 0. The van der Waals surface area contributed by atoms with Crippen molar-refractivity contribution in [1.29, 1.82) is 0 Å². The second kappa shape index (κ2) is 11.9. The van der Waals surface area contributed by atoms with Gasteiger partial charge in [0, 0.05) is 16.7 Å². The average Bonchev–Trinajstić information content (AvgIpc) is 2.92. The lowest BCUT2D eigenvalue weighted by Gasteiger charge is -2.09. The summed E-state index contributed by atoms with van der Waals surface area (Å²) >= 11 is 0. The highest BCUT2D eigenvalue weighted by Gasteiger charge is 2.16. The normalized spacial score (nSPS) is 11.3. The molecule has 0 fully saturated rings. The quantitative estimate of drug-likeness (QED) is 0.125. The van der Waals surface area contributed by atoms with E-state index in [2.05, 4.69) is 6.92 Å². The summed E-state index contributed by atoms with van der Waals surface area (Å²) < 4.78 is 63.0. The smallest absolute Gasteiger partial charge is 0.201 e. The maximum atomic E-state index is 14.9. The number of halogens is 4. The number of benzene rings is 4. The van der Waals surface area contributed by atoms with Crippen LogP contribution in [0.15, 0.2) is 72.8 Å².